The molecule has 1 radical (unpaired) electrons. The summed E-state index contributed by atoms with van der Waals surface area (Å²) in [5.74, 6) is 0.258. The summed E-state index contributed by atoms with van der Waals surface area (Å²) in [6, 6.07) is 23.1. The topological polar surface area (TPSA) is 9.23 Å². The number of rotatable bonds is 6. The second-order valence-corrected chi connectivity index (χ2v) is 5.53. The van der Waals surface area contributed by atoms with Gasteiger partial charge in [0.05, 0.1) is 6.61 Å². The molecule has 0 bridgehead atoms. The van der Waals surface area contributed by atoms with E-state index in [1.807, 2.05) is 12.1 Å². The molecule has 3 aromatic rings. The molecule has 0 aliphatic carbocycles. The van der Waals surface area contributed by atoms with Crippen LogP contribution in [0.4, 0.5) is 8.78 Å². The molecule has 0 saturated heterocycles. The van der Waals surface area contributed by atoms with Gasteiger partial charge in [0.1, 0.15) is 17.4 Å². The number of benzene rings is 3. The van der Waals surface area contributed by atoms with Crippen molar-refractivity contribution in [3.8, 4) is 5.75 Å². The normalized spacial score (nSPS) is 10.8. The monoisotopic (exact) mass is 323 g/mol. The van der Waals surface area contributed by atoms with E-state index in [-0.39, 0.29) is 17.6 Å². The average molecular weight is 323 g/mol. The Morgan fingerprint density at radius 3 is 1.75 bits per heavy atom. The molecule has 121 valence electrons. The Hall–Kier alpha value is -2.68. The van der Waals surface area contributed by atoms with Crippen LogP contribution in [0.15, 0.2) is 72.8 Å². The zero-order valence-corrected chi connectivity index (χ0v) is 13.1. The summed E-state index contributed by atoms with van der Waals surface area (Å²) in [7, 11) is 0. The van der Waals surface area contributed by atoms with Crippen LogP contribution in [-0.2, 0) is 0 Å². The van der Waals surface area contributed by atoms with Crippen molar-refractivity contribution in [3.63, 3.8) is 0 Å². The molecule has 0 aliphatic rings. The lowest BCUT2D eigenvalue weighted by molar-refractivity contribution is 0.304. The van der Waals surface area contributed by atoms with Crippen LogP contribution in [-0.4, -0.2) is 6.61 Å². The maximum atomic E-state index is 13.2. The molecular weight excluding hydrogens is 306 g/mol. The second kappa shape index (κ2) is 7.73. The van der Waals surface area contributed by atoms with Crippen LogP contribution in [0.25, 0.3) is 0 Å². The second-order valence-electron chi connectivity index (χ2n) is 5.53. The highest BCUT2D eigenvalue weighted by molar-refractivity contribution is 5.33. The van der Waals surface area contributed by atoms with E-state index in [0.29, 0.717) is 13.0 Å². The highest BCUT2D eigenvalue weighted by Crippen LogP contribution is 2.28. The highest BCUT2D eigenvalue weighted by atomic mass is 19.1. The van der Waals surface area contributed by atoms with Crippen LogP contribution in [0.2, 0.25) is 0 Å². The van der Waals surface area contributed by atoms with Gasteiger partial charge in [0, 0.05) is 5.92 Å². The number of halogens is 2. The van der Waals surface area contributed by atoms with Crippen molar-refractivity contribution < 1.29 is 13.5 Å². The minimum absolute atomic E-state index is 0.0153. The smallest absolute Gasteiger partial charge is 0.123 e. The van der Waals surface area contributed by atoms with Crippen LogP contribution < -0.4 is 4.74 Å². The fourth-order valence-electron chi connectivity index (χ4n) is 2.68. The molecule has 0 heterocycles. The third-order valence-corrected chi connectivity index (χ3v) is 3.91. The predicted octanol–water partition coefficient (Wildman–Crippen LogP) is 5.37. The van der Waals surface area contributed by atoms with E-state index in [2.05, 4.69) is 6.07 Å². The summed E-state index contributed by atoms with van der Waals surface area (Å²) in [4.78, 5) is 0. The molecule has 0 saturated carbocycles. The highest BCUT2D eigenvalue weighted by Gasteiger charge is 2.15. The molecule has 3 heteroatoms. The largest absolute Gasteiger partial charge is 0.494 e. The van der Waals surface area contributed by atoms with E-state index in [9.17, 15) is 8.78 Å². The molecule has 0 aromatic heterocycles. The van der Waals surface area contributed by atoms with Crippen molar-refractivity contribution in [2.24, 2.45) is 0 Å². The molecular formula is C21H17F2O. The van der Waals surface area contributed by atoms with E-state index < -0.39 is 0 Å². The summed E-state index contributed by atoms with van der Waals surface area (Å²) in [6.07, 6.45) is 0.704. The fraction of sp³-hybridized carbons (Fsp3) is 0.143. The van der Waals surface area contributed by atoms with Crippen molar-refractivity contribution in [2.75, 3.05) is 6.61 Å². The van der Waals surface area contributed by atoms with Crippen LogP contribution in [0.1, 0.15) is 23.5 Å². The van der Waals surface area contributed by atoms with Gasteiger partial charge in [-0.3, -0.25) is 0 Å². The molecule has 0 spiro atoms. The van der Waals surface area contributed by atoms with E-state index >= 15 is 0 Å². The van der Waals surface area contributed by atoms with Crippen molar-refractivity contribution in [1.82, 2.24) is 0 Å². The molecule has 0 aliphatic heterocycles. The zero-order chi connectivity index (χ0) is 16.8. The number of ether oxygens (including phenoxy) is 1. The first-order chi connectivity index (χ1) is 11.7. The molecule has 0 atom stereocenters. The van der Waals surface area contributed by atoms with E-state index in [1.165, 1.54) is 24.3 Å². The van der Waals surface area contributed by atoms with E-state index in [0.717, 1.165) is 16.9 Å². The SMILES string of the molecule is Fc1ccc(C(CCOc2cc[c]cc2)c2ccc(F)cc2)cc1. The number of hydrogen-bond donors (Lipinski definition) is 0. The Morgan fingerprint density at radius 2 is 1.25 bits per heavy atom. The lowest BCUT2D eigenvalue weighted by atomic mass is 9.89. The summed E-state index contributed by atoms with van der Waals surface area (Å²) in [5.41, 5.74) is 1.96. The van der Waals surface area contributed by atoms with E-state index in [1.54, 1.807) is 36.4 Å². The minimum Gasteiger partial charge on any atom is -0.494 e. The molecule has 0 amide bonds. The number of hydrogen-bond acceptors (Lipinski definition) is 1. The van der Waals surface area contributed by atoms with Crippen molar-refractivity contribution in [3.05, 3.63) is 102 Å². The van der Waals surface area contributed by atoms with Crippen LogP contribution in [0.5, 0.6) is 5.75 Å². The molecule has 0 unspecified atom stereocenters. The molecule has 24 heavy (non-hydrogen) atoms. The van der Waals surface area contributed by atoms with Gasteiger partial charge >= 0.3 is 0 Å². The summed E-state index contributed by atoms with van der Waals surface area (Å²) < 4.78 is 32.2. The average Bonchev–Trinajstić information content (AvgIpc) is 2.62. The Bertz CT molecular complexity index is 707. The molecule has 1 nitrogen and oxygen atoms in total. The quantitative estimate of drug-likeness (QED) is 0.593. The van der Waals surface area contributed by atoms with Gasteiger partial charge in [0.2, 0.25) is 0 Å². The van der Waals surface area contributed by atoms with Gasteiger partial charge in [-0.2, -0.15) is 0 Å². The van der Waals surface area contributed by atoms with Crippen molar-refractivity contribution >= 4 is 0 Å². The van der Waals surface area contributed by atoms with Gasteiger partial charge in [-0.15, -0.1) is 0 Å². The van der Waals surface area contributed by atoms with E-state index in [4.69, 9.17) is 4.74 Å². The summed E-state index contributed by atoms with van der Waals surface area (Å²) >= 11 is 0. The van der Waals surface area contributed by atoms with Gasteiger partial charge in [-0.1, -0.05) is 36.4 Å². The lowest BCUT2D eigenvalue weighted by Crippen LogP contribution is -2.08. The first kappa shape index (κ1) is 16.2. The van der Waals surface area contributed by atoms with Gasteiger partial charge in [0.25, 0.3) is 0 Å². The summed E-state index contributed by atoms with van der Waals surface area (Å²) in [6.45, 7) is 0.503. The first-order valence-corrected chi connectivity index (χ1v) is 7.82. The van der Waals surface area contributed by atoms with Crippen LogP contribution in [0.3, 0.4) is 0 Å². The van der Waals surface area contributed by atoms with Crippen molar-refractivity contribution in [2.45, 2.75) is 12.3 Å². The maximum absolute atomic E-state index is 13.2. The molecule has 0 fully saturated rings. The molecule has 0 N–H and O–H groups in total. The lowest BCUT2D eigenvalue weighted by Gasteiger charge is -2.18. The van der Waals surface area contributed by atoms with Gasteiger partial charge < -0.3 is 4.74 Å². The molecule has 3 aromatic carbocycles. The minimum atomic E-state index is -0.270. The zero-order valence-electron chi connectivity index (χ0n) is 13.1. The van der Waals surface area contributed by atoms with Crippen LogP contribution in [0, 0.1) is 17.7 Å². The Kier molecular flexibility index (Phi) is 5.22. The third kappa shape index (κ3) is 4.19. The van der Waals surface area contributed by atoms with Crippen molar-refractivity contribution in [1.29, 1.82) is 0 Å². The van der Waals surface area contributed by atoms with Gasteiger partial charge in [0.15, 0.2) is 0 Å². The van der Waals surface area contributed by atoms with Crippen LogP contribution >= 0.6 is 0 Å². The first-order valence-electron chi connectivity index (χ1n) is 7.82. The Balaban J connectivity index is 1.76. The Labute approximate surface area is 140 Å². The third-order valence-electron chi connectivity index (χ3n) is 3.91. The van der Waals surface area contributed by atoms with Gasteiger partial charge in [-0.25, -0.2) is 8.78 Å². The maximum Gasteiger partial charge on any atom is 0.123 e. The standard InChI is InChI=1S/C21H17F2O/c22-18-10-6-16(7-11-18)21(17-8-12-19(23)13-9-17)14-15-24-20-4-2-1-3-5-20/h2-13,21H,14-15H2. The summed E-state index contributed by atoms with van der Waals surface area (Å²) in [5, 5.41) is 0. The Morgan fingerprint density at radius 1 is 0.750 bits per heavy atom. The molecule has 3 rings (SSSR count). The fourth-order valence-corrected chi connectivity index (χ4v) is 2.68. The van der Waals surface area contributed by atoms with Gasteiger partial charge in [-0.05, 0) is 60.0 Å². The predicted molar refractivity (Wildman–Crippen MR) is 90.0 cm³/mol.